The van der Waals surface area contributed by atoms with E-state index in [1.54, 1.807) is 18.3 Å². The summed E-state index contributed by atoms with van der Waals surface area (Å²) in [7, 11) is 0. The van der Waals surface area contributed by atoms with E-state index in [0.29, 0.717) is 18.7 Å². The maximum absolute atomic E-state index is 12.9. The molecule has 0 radical (unpaired) electrons. The zero-order valence-electron chi connectivity index (χ0n) is 14.2. The highest BCUT2D eigenvalue weighted by molar-refractivity contribution is 5.92. The zero-order valence-corrected chi connectivity index (χ0v) is 14.2. The SMILES string of the molecule is O=C(c1cccnn1)N1CC[C@@](O)(c2ccccc2)[C@@H]2CCCCC21. The fourth-order valence-corrected chi connectivity index (χ4v) is 4.58. The number of rotatable bonds is 2. The Labute approximate surface area is 147 Å². The second kappa shape index (κ2) is 6.56. The number of aromatic nitrogens is 2. The Morgan fingerprint density at radius 3 is 2.68 bits per heavy atom. The summed E-state index contributed by atoms with van der Waals surface area (Å²) in [6, 6.07) is 13.4. The van der Waals surface area contributed by atoms with Crippen LogP contribution in [0.15, 0.2) is 48.7 Å². The number of aliphatic hydroxyl groups is 1. The number of amides is 1. The third kappa shape index (κ3) is 2.82. The van der Waals surface area contributed by atoms with E-state index in [1.165, 1.54) is 0 Å². The number of carbonyl (C=O) groups excluding carboxylic acids is 1. The molecule has 1 saturated carbocycles. The van der Waals surface area contributed by atoms with Crippen LogP contribution in [0.4, 0.5) is 0 Å². The van der Waals surface area contributed by atoms with Crippen LogP contribution in [0.25, 0.3) is 0 Å². The summed E-state index contributed by atoms with van der Waals surface area (Å²) in [6.45, 7) is 0.544. The van der Waals surface area contributed by atoms with Crippen LogP contribution in [0, 0.1) is 5.92 Å². The number of fused-ring (bicyclic) bond motifs is 1. The summed E-state index contributed by atoms with van der Waals surface area (Å²) in [6.07, 6.45) is 6.21. The van der Waals surface area contributed by atoms with Gasteiger partial charge in [-0.1, -0.05) is 43.2 Å². The molecule has 1 aromatic heterocycles. The molecule has 1 unspecified atom stereocenters. The van der Waals surface area contributed by atoms with Crippen molar-refractivity contribution in [3.63, 3.8) is 0 Å². The third-order valence-electron chi connectivity index (χ3n) is 5.80. The summed E-state index contributed by atoms with van der Waals surface area (Å²) in [5.74, 6) is -0.00173. The Bertz CT molecular complexity index is 737. The minimum absolute atomic E-state index is 0.0576. The number of hydrogen-bond donors (Lipinski definition) is 1. The van der Waals surface area contributed by atoms with Gasteiger partial charge in [-0.25, -0.2) is 0 Å². The number of piperidine rings is 1. The van der Waals surface area contributed by atoms with Crippen molar-refractivity contribution in [1.29, 1.82) is 0 Å². The van der Waals surface area contributed by atoms with Crippen LogP contribution in [0.2, 0.25) is 0 Å². The number of nitrogens with zero attached hydrogens (tertiary/aromatic N) is 3. The molecule has 2 aromatic rings. The number of carbonyl (C=O) groups is 1. The van der Waals surface area contributed by atoms with Gasteiger partial charge in [-0.3, -0.25) is 4.79 Å². The van der Waals surface area contributed by atoms with Crippen LogP contribution in [-0.2, 0) is 5.60 Å². The molecule has 1 N–H and O–H groups in total. The Morgan fingerprint density at radius 2 is 1.92 bits per heavy atom. The summed E-state index contributed by atoms with van der Waals surface area (Å²) in [4.78, 5) is 14.9. The second-order valence-corrected chi connectivity index (χ2v) is 7.11. The molecule has 0 spiro atoms. The summed E-state index contributed by atoms with van der Waals surface area (Å²) in [5.41, 5.74) is 0.501. The molecular weight excluding hydrogens is 314 g/mol. The first kappa shape index (κ1) is 16.2. The van der Waals surface area contributed by atoms with Crippen molar-refractivity contribution in [3.8, 4) is 0 Å². The molecule has 1 aromatic carbocycles. The first-order valence-corrected chi connectivity index (χ1v) is 9.07. The van der Waals surface area contributed by atoms with Gasteiger partial charge in [0.25, 0.3) is 5.91 Å². The molecule has 5 nitrogen and oxygen atoms in total. The summed E-state index contributed by atoms with van der Waals surface area (Å²) >= 11 is 0. The van der Waals surface area contributed by atoms with Gasteiger partial charge in [0, 0.05) is 24.7 Å². The predicted molar refractivity (Wildman–Crippen MR) is 93.8 cm³/mol. The van der Waals surface area contributed by atoms with Crippen molar-refractivity contribution < 1.29 is 9.90 Å². The summed E-state index contributed by atoms with van der Waals surface area (Å²) < 4.78 is 0. The fourth-order valence-electron chi connectivity index (χ4n) is 4.58. The van der Waals surface area contributed by atoms with E-state index in [2.05, 4.69) is 10.2 Å². The van der Waals surface area contributed by atoms with Crippen molar-refractivity contribution in [2.75, 3.05) is 6.54 Å². The molecule has 130 valence electrons. The van der Waals surface area contributed by atoms with Crippen LogP contribution in [-0.4, -0.2) is 38.7 Å². The van der Waals surface area contributed by atoms with Crippen LogP contribution >= 0.6 is 0 Å². The number of benzene rings is 1. The van der Waals surface area contributed by atoms with Gasteiger partial charge in [-0.2, -0.15) is 5.10 Å². The van der Waals surface area contributed by atoms with E-state index >= 15 is 0 Å². The maximum Gasteiger partial charge on any atom is 0.274 e. The Hall–Kier alpha value is -2.27. The lowest BCUT2D eigenvalue weighted by Gasteiger charge is -2.52. The van der Waals surface area contributed by atoms with Crippen molar-refractivity contribution >= 4 is 5.91 Å². The van der Waals surface area contributed by atoms with Gasteiger partial charge in [0.2, 0.25) is 0 Å². The first-order valence-electron chi connectivity index (χ1n) is 9.07. The molecule has 3 atom stereocenters. The molecule has 25 heavy (non-hydrogen) atoms. The molecule has 2 fully saturated rings. The second-order valence-electron chi connectivity index (χ2n) is 7.11. The Balaban J connectivity index is 1.66. The molecule has 0 bridgehead atoms. The van der Waals surface area contributed by atoms with Gasteiger partial charge in [-0.05, 0) is 37.0 Å². The van der Waals surface area contributed by atoms with Crippen molar-refractivity contribution in [1.82, 2.24) is 15.1 Å². The van der Waals surface area contributed by atoms with E-state index in [0.717, 1.165) is 31.2 Å². The van der Waals surface area contributed by atoms with Crippen LogP contribution < -0.4 is 0 Å². The predicted octanol–water partition coefficient (Wildman–Crippen LogP) is 2.77. The highest BCUT2D eigenvalue weighted by Gasteiger charge is 2.50. The monoisotopic (exact) mass is 337 g/mol. The molecule has 1 saturated heterocycles. The van der Waals surface area contributed by atoms with Crippen molar-refractivity contribution in [3.05, 3.63) is 59.9 Å². The topological polar surface area (TPSA) is 66.3 Å². The zero-order chi connectivity index (χ0) is 17.3. The molecule has 5 heteroatoms. The average Bonchev–Trinajstić information content (AvgIpc) is 2.69. The molecule has 4 rings (SSSR count). The molecular formula is C20H23N3O2. The molecule has 2 heterocycles. The third-order valence-corrected chi connectivity index (χ3v) is 5.80. The van der Waals surface area contributed by atoms with Gasteiger partial charge in [0.15, 0.2) is 5.69 Å². The standard InChI is InChI=1S/C20H23N3O2/c24-19(17-10-6-13-21-22-17)23-14-12-20(25,15-7-2-1-3-8-15)16-9-4-5-11-18(16)23/h1-3,6-8,10,13,16,18,25H,4-5,9,11-12,14H2/t16-,18?,20-/m1/s1. The quantitative estimate of drug-likeness (QED) is 0.915. The van der Waals surface area contributed by atoms with E-state index in [9.17, 15) is 9.90 Å². The maximum atomic E-state index is 12.9. The smallest absolute Gasteiger partial charge is 0.274 e. The van der Waals surface area contributed by atoms with Crippen molar-refractivity contribution in [2.45, 2.75) is 43.7 Å². The highest BCUT2D eigenvalue weighted by Crippen LogP contribution is 2.47. The molecule has 1 amide bonds. The van der Waals surface area contributed by atoms with Gasteiger partial charge in [0.05, 0.1) is 5.60 Å². The normalized spacial score (nSPS) is 29.1. The fraction of sp³-hybridized carbons (Fsp3) is 0.450. The average molecular weight is 337 g/mol. The van der Waals surface area contributed by atoms with E-state index in [1.807, 2.05) is 35.2 Å². The number of hydrogen-bond acceptors (Lipinski definition) is 4. The van der Waals surface area contributed by atoms with Gasteiger partial charge >= 0.3 is 0 Å². The molecule has 2 aliphatic rings. The van der Waals surface area contributed by atoms with E-state index in [-0.39, 0.29) is 17.9 Å². The highest BCUT2D eigenvalue weighted by atomic mass is 16.3. The molecule has 1 aliphatic carbocycles. The Kier molecular flexibility index (Phi) is 4.25. The largest absolute Gasteiger partial charge is 0.385 e. The summed E-state index contributed by atoms with van der Waals surface area (Å²) in [5, 5.41) is 19.4. The lowest BCUT2D eigenvalue weighted by molar-refractivity contribution is -0.110. The van der Waals surface area contributed by atoms with Crippen molar-refractivity contribution in [2.24, 2.45) is 5.92 Å². The van der Waals surface area contributed by atoms with E-state index < -0.39 is 5.60 Å². The van der Waals surface area contributed by atoms with Gasteiger partial charge in [-0.15, -0.1) is 5.10 Å². The van der Waals surface area contributed by atoms with Crippen LogP contribution in [0.1, 0.15) is 48.2 Å². The minimum atomic E-state index is -0.856. The molecule has 1 aliphatic heterocycles. The lowest BCUT2D eigenvalue weighted by Crippen LogP contribution is -2.59. The Morgan fingerprint density at radius 1 is 1.12 bits per heavy atom. The van der Waals surface area contributed by atoms with E-state index in [4.69, 9.17) is 0 Å². The van der Waals surface area contributed by atoms with Gasteiger partial charge < -0.3 is 10.0 Å². The lowest BCUT2D eigenvalue weighted by atomic mass is 9.66. The van der Waals surface area contributed by atoms with Gasteiger partial charge in [0.1, 0.15) is 0 Å². The van der Waals surface area contributed by atoms with Crippen LogP contribution in [0.5, 0.6) is 0 Å². The minimum Gasteiger partial charge on any atom is -0.385 e. The first-order chi connectivity index (χ1) is 12.2. The number of likely N-dealkylation sites (tertiary alicyclic amines) is 1. The van der Waals surface area contributed by atoms with Crippen LogP contribution in [0.3, 0.4) is 0 Å².